The molecule has 0 spiro atoms. The number of ether oxygens (including phenoxy) is 6. The van der Waals surface area contributed by atoms with Gasteiger partial charge in [0, 0.05) is 6.42 Å². The normalized spacial score (nSPS) is 29.1. The van der Waals surface area contributed by atoms with Gasteiger partial charge in [-0.15, -0.1) is 0 Å². The van der Waals surface area contributed by atoms with Crippen molar-refractivity contribution in [3.8, 4) is 0 Å². The molecule has 3 rings (SSSR count). The first-order chi connectivity index (χ1) is 40.8. The summed E-state index contributed by atoms with van der Waals surface area (Å²) in [5, 5.41) is 120. The molecule has 3 aliphatic heterocycles. The lowest BCUT2D eigenvalue weighted by Gasteiger charge is -2.48. The number of aliphatic hydroxyl groups is 11. The van der Waals surface area contributed by atoms with Gasteiger partial charge in [-0.3, -0.25) is 4.79 Å². The molecule has 3 saturated heterocycles. The third-order valence-corrected chi connectivity index (χ3v) is 17.7. The van der Waals surface area contributed by atoms with Crippen molar-refractivity contribution in [1.29, 1.82) is 0 Å². The second-order valence-electron chi connectivity index (χ2n) is 25.0. The van der Waals surface area contributed by atoms with Gasteiger partial charge in [-0.25, -0.2) is 0 Å². The zero-order valence-corrected chi connectivity index (χ0v) is 52.4. The summed E-state index contributed by atoms with van der Waals surface area (Å²) in [6.45, 7) is 1.80. The average molecular weight is 1210 g/mol. The lowest BCUT2D eigenvalue weighted by molar-refractivity contribution is -0.379. The van der Waals surface area contributed by atoms with Gasteiger partial charge in [0.2, 0.25) is 5.91 Å². The van der Waals surface area contributed by atoms with Gasteiger partial charge in [-0.1, -0.05) is 258 Å². The summed E-state index contributed by atoms with van der Waals surface area (Å²) in [6, 6.07) is -0.880. The van der Waals surface area contributed by atoms with Gasteiger partial charge in [-0.05, 0) is 12.8 Å². The van der Waals surface area contributed by atoms with Crippen LogP contribution in [-0.2, 0) is 33.2 Å². The molecule has 3 heterocycles. The highest BCUT2D eigenvalue weighted by molar-refractivity contribution is 5.76. The maximum atomic E-state index is 13.4. The van der Waals surface area contributed by atoms with E-state index in [0.717, 1.165) is 44.9 Å². The minimum atomic E-state index is -1.97. The molecule has 0 aromatic carbocycles. The Labute approximate surface area is 506 Å². The van der Waals surface area contributed by atoms with Crippen LogP contribution in [0.1, 0.15) is 277 Å². The third kappa shape index (κ3) is 31.0. The molecular formula is C65H125NO18. The Bertz CT molecular complexity index is 1540. The lowest BCUT2D eigenvalue weighted by atomic mass is 9.96. The van der Waals surface area contributed by atoms with E-state index < -0.39 is 124 Å². The number of amides is 1. The van der Waals surface area contributed by atoms with E-state index in [2.05, 4.69) is 19.2 Å². The van der Waals surface area contributed by atoms with E-state index in [1.54, 1.807) is 0 Å². The van der Waals surface area contributed by atoms with E-state index in [4.69, 9.17) is 28.4 Å². The average Bonchev–Trinajstić information content (AvgIpc) is 2.80. The maximum Gasteiger partial charge on any atom is 0.220 e. The number of unbranched alkanes of at least 4 members (excludes halogenated alkanes) is 37. The van der Waals surface area contributed by atoms with E-state index in [0.29, 0.717) is 12.8 Å². The first kappa shape index (κ1) is 77.0. The molecular weight excluding hydrogens is 1080 g/mol. The van der Waals surface area contributed by atoms with Crippen LogP contribution < -0.4 is 5.32 Å². The summed E-state index contributed by atoms with van der Waals surface area (Å²) in [5.41, 5.74) is 0. The van der Waals surface area contributed by atoms with Gasteiger partial charge in [-0.2, -0.15) is 0 Å². The Kier molecular flexibility index (Phi) is 44.6. The van der Waals surface area contributed by atoms with E-state index in [9.17, 15) is 61.0 Å². The summed E-state index contributed by atoms with van der Waals surface area (Å²) >= 11 is 0. The van der Waals surface area contributed by atoms with Crippen LogP contribution in [-0.4, -0.2) is 193 Å². The molecule has 498 valence electrons. The van der Waals surface area contributed by atoms with E-state index >= 15 is 0 Å². The predicted octanol–water partition coefficient (Wildman–Crippen LogP) is 8.33. The fourth-order valence-electron chi connectivity index (χ4n) is 12.1. The van der Waals surface area contributed by atoms with Crippen molar-refractivity contribution in [3.63, 3.8) is 0 Å². The van der Waals surface area contributed by atoms with Crippen LogP contribution in [0, 0.1) is 0 Å². The number of rotatable bonds is 53. The topological polar surface area (TPSA) is 307 Å². The van der Waals surface area contributed by atoms with Crippen molar-refractivity contribution in [2.75, 3.05) is 26.4 Å². The Balaban J connectivity index is 1.35. The summed E-state index contributed by atoms with van der Waals surface area (Å²) in [4.78, 5) is 13.4. The van der Waals surface area contributed by atoms with Crippen LogP contribution in [0.3, 0.4) is 0 Å². The second kappa shape index (κ2) is 48.6. The first-order valence-electron chi connectivity index (χ1n) is 34.3. The Morgan fingerprint density at radius 2 is 0.679 bits per heavy atom. The largest absolute Gasteiger partial charge is 0.394 e. The van der Waals surface area contributed by atoms with Crippen LogP contribution in [0.15, 0.2) is 0 Å². The number of hydrogen-bond acceptors (Lipinski definition) is 18. The summed E-state index contributed by atoms with van der Waals surface area (Å²) in [6.07, 6.45) is 23.7. The van der Waals surface area contributed by atoms with Crippen LogP contribution in [0.5, 0.6) is 0 Å². The number of nitrogens with one attached hydrogen (secondary N) is 1. The molecule has 12 N–H and O–H groups in total. The van der Waals surface area contributed by atoms with Crippen molar-refractivity contribution >= 4 is 5.91 Å². The van der Waals surface area contributed by atoms with Crippen molar-refractivity contribution in [3.05, 3.63) is 0 Å². The van der Waals surface area contributed by atoms with Gasteiger partial charge < -0.3 is 89.9 Å². The molecule has 3 fully saturated rings. The lowest BCUT2D eigenvalue weighted by Crippen LogP contribution is -2.66. The van der Waals surface area contributed by atoms with Gasteiger partial charge in [0.1, 0.15) is 73.2 Å². The van der Waals surface area contributed by atoms with Gasteiger partial charge in [0.25, 0.3) is 0 Å². The molecule has 3 aliphatic rings. The van der Waals surface area contributed by atoms with E-state index in [1.807, 2.05) is 0 Å². The molecule has 0 bridgehead atoms. The van der Waals surface area contributed by atoms with Gasteiger partial charge >= 0.3 is 0 Å². The summed E-state index contributed by atoms with van der Waals surface area (Å²) < 4.78 is 34.3. The predicted molar refractivity (Wildman–Crippen MR) is 324 cm³/mol. The zero-order valence-electron chi connectivity index (χ0n) is 52.4. The maximum absolute atomic E-state index is 13.4. The SMILES string of the molecule is CCCCCCCCCCCCCCCCCCCCCCCCCCCCCCCC(=O)NC(COC1OC(CO)C(OC2OC(CO)C(OC3OC(CO)C(O)C(O)C3O)C(O)C2O)C(O)C1O)C(O)CCCCCCCCCCCC. The van der Waals surface area contributed by atoms with Crippen molar-refractivity contribution in [2.24, 2.45) is 0 Å². The Hall–Kier alpha value is -1.21. The van der Waals surface area contributed by atoms with Gasteiger partial charge in [0.15, 0.2) is 18.9 Å². The molecule has 19 heteroatoms. The summed E-state index contributed by atoms with van der Waals surface area (Å²) in [5.74, 6) is -0.238. The molecule has 0 aromatic rings. The number of carbonyl (C=O) groups is 1. The van der Waals surface area contributed by atoms with Crippen molar-refractivity contribution in [2.45, 2.75) is 381 Å². The minimum absolute atomic E-state index is 0.238. The second-order valence-corrected chi connectivity index (χ2v) is 25.0. The standard InChI is InChI=1S/C65H125NO18/c1-3-5-7-9-11-13-15-16-17-18-19-20-21-22-23-24-25-26-27-28-29-30-31-32-33-35-37-39-41-43-53(71)66-48(49(70)42-40-38-36-34-14-12-10-8-6-4-2)47-79-63-59(77)56(74)61(51(45-68)81-63)84-65-60(78)57(75)62(52(46-69)82-65)83-64-58(76)55(73)54(72)50(44-67)80-64/h48-52,54-65,67-70,72-78H,3-47H2,1-2H3,(H,66,71). The van der Waals surface area contributed by atoms with Gasteiger partial charge in [0.05, 0.1) is 38.6 Å². The molecule has 1 amide bonds. The number of carbonyl (C=O) groups excluding carboxylic acids is 1. The van der Waals surface area contributed by atoms with Crippen LogP contribution in [0.25, 0.3) is 0 Å². The first-order valence-corrected chi connectivity index (χ1v) is 34.3. The van der Waals surface area contributed by atoms with Crippen LogP contribution >= 0.6 is 0 Å². The van der Waals surface area contributed by atoms with E-state index in [1.165, 1.54) is 199 Å². The van der Waals surface area contributed by atoms with Crippen molar-refractivity contribution in [1.82, 2.24) is 5.32 Å². The van der Waals surface area contributed by atoms with Crippen molar-refractivity contribution < 1.29 is 89.4 Å². The third-order valence-electron chi connectivity index (χ3n) is 17.7. The molecule has 0 aliphatic carbocycles. The molecule has 84 heavy (non-hydrogen) atoms. The quantitative estimate of drug-likeness (QED) is 0.0255. The molecule has 17 unspecified atom stereocenters. The zero-order chi connectivity index (χ0) is 61.2. The van der Waals surface area contributed by atoms with Crippen LogP contribution in [0.4, 0.5) is 0 Å². The molecule has 0 radical (unpaired) electrons. The highest BCUT2D eigenvalue weighted by Crippen LogP contribution is 2.33. The summed E-state index contributed by atoms with van der Waals surface area (Å²) in [7, 11) is 0. The number of aliphatic hydroxyl groups excluding tert-OH is 11. The number of hydrogen-bond donors (Lipinski definition) is 12. The molecule has 19 nitrogen and oxygen atoms in total. The fraction of sp³-hybridized carbons (Fsp3) is 0.985. The Morgan fingerprint density at radius 3 is 1.04 bits per heavy atom. The van der Waals surface area contributed by atoms with E-state index in [-0.39, 0.29) is 18.9 Å². The molecule has 0 aromatic heterocycles. The molecule has 17 atom stereocenters. The smallest absolute Gasteiger partial charge is 0.220 e. The fourth-order valence-corrected chi connectivity index (χ4v) is 12.1. The monoisotopic (exact) mass is 1210 g/mol. The molecule has 0 saturated carbocycles. The van der Waals surface area contributed by atoms with Crippen LogP contribution in [0.2, 0.25) is 0 Å². The highest BCUT2D eigenvalue weighted by Gasteiger charge is 2.53. The Morgan fingerprint density at radius 1 is 0.381 bits per heavy atom. The highest BCUT2D eigenvalue weighted by atomic mass is 16.8. The minimum Gasteiger partial charge on any atom is -0.394 e.